The van der Waals surface area contributed by atoms with Gasteiger partial charge in [-0.15, -0.1) is 0 Å². The van der Waals surface area contributed by atoms with Crippen LogP contribution in [-0.2, 0) is 10.0 Å². The van der Waals surface area contributed by atoms with E-state index in [0.29, 0.717) is 22.4 Å². The maximum Gasteiger partial charge on any atom is 0.265 e. The number of fused-ring (bicyclic) bond motifs is 1. The van der Waals surface area contributed by atoms with Gasteiger partial charge in [0.15, 0.2) is 5.65 Å². The lowest BCUT2D eigenvalue weighted by molar-refractivity contribution is 0.0983. The van der Waals surface area contributed by atoms with Gasteiger partial charge in [-0.05, 0) is 32.0 Å². The number of hydrogen-bond donors (Lipinski definition) is 1. The number of rotatable bonds is 3. The van der Waals surface area contributed by atoms with Crippen LogP contribution in [0.1, 0.15) is 21.7 Å². The van der Waals surface area contributed by atoms with Crippen molar-refractivity contribution in [2.75, 3.05) is 6.26 Å². The van der Waals surface area contributed by atoms with E-state index in [2.05, 4.69) is 10.1 Å². The van der Waals surface area contributed by atoms with Gasteiger partial charge in [-0.3, -0.25) is 4.79 Å². The topological polar surface area (TPSA) is 94.0 Å². The Hall–Kier alpha value is -2.74. The summed E-state index contributed by atoms with van der Waals surface area (Å²) in [4.78, 5) is 16.9. The molecule has 0 radical (unpaired) electrons. The molecule has 24 heavy (non-hydrogen) atoms. The van der Waals surface area contributed by atoms with E-state index in [1.165, 1.54) is 0 Å². The van der Waals surface area contributed by atoms with Gasteiger partial charge in [0, 0.05) is 5.69 Å². The van der Waals surface area contributed by atoms with Crippen molar-refractivity contribution in [3.05, 3.63) is 53.3 Å². The summed E-state index contributed by atoms with van der Waals surface area (Å²) >= 11 is 0. The minimum atomic E-state index is -3.66. The fourth-order valence-electron chi connectivity index (χ4n) is 2.57. The molecule has 0 aliphatic carbocycles. The molecule has 0 aliphatic heterocycles. The molecule has 0 fully saturated rings. The number of benzene rings is 1. The van der Waals surface area contributed by atoms with Gasteiger partial charge in [0.25, 0.3) is 5.91 Å². The first kappa shape index (κ1) is 16.1. The lowest BCUT2D eigenvalue weighted by Crippen LogP contribution is -2.29. The van der Waals surface area contributed by atoms with Crippen LogP contribution in [0.5, 0.6) is 0 Å². The minimum Gasteiger partial charge on any atom is -0.268 e. The van der Waals surface area contributed by atoms with Crippen LogP contribution in [0.4, 0.5) is 0 Å². The van der Waals surface area contributed by atoms with Gasteiger partial charge < -0.3 is 0 Å². The summed E-state index contributed by atoms with van der Waals surface area (Å²) in [5.41, 5.74) is 2.75. The van der Waals surface area contributed by atoms with Crippen LogP contribution in [0.15, 0.2) is 36.4 Å². The number of aryl methyl sites for hydroxylation is 2. The highest BCUT2D eigenvalue weighted by Crippen LogP contribution is 2.24. The van der Waals surface area contributed by atoms with E-state index in [9.17, 15) is 13.2 Å². The molecule has 2 aromatic heterocycles. The summed E-state index contributed by atoms with van der Waals surface area (Å²) in [6.45, 7) is 3.50. The number of sulfonamides is 1. The molecule has 0 saturated heterocycles. The molecule has 2 heterocycles. The number of nitrogens with one attached hydrogen (secondary N) is 1. The Balaban J connectivity index is 2.26. The van der Waals surface area contributed by atoms with Gasteiger partial charge in [0.1, 0.15) is 0 Å². The summed E-state index contributed by atoms with van der Waals surface area (Å²) in [5.74, 6) is -0.691. The third-order valence-corrected chi connectivity index (χ3v) is 4.02. The average Bonchev–Trinajstić information content (AvgIpc) is 2.82. The molecule has 0 saturated carbocycles. The molecule has 0 atom stereocenters. The van der Waals surface area contributed by atoms with Gasteiger partial charge in [-0.1, -0.05) is 18.2 Å². The van der Waals surface area contributed by atoms with Crippen molar-refractivity contribution in [1.82, 2.24) is 19.5 Å². The highest BCUT2D eigenvalue weighted by Gasteiger charge is 2.21. The predicted octanol–water partition coefficient (Wildman–Crippen LogP) is 1.73. The first-order valence-corrected chi connectivity index (χ1v) is 9.10. The van der Waals surface area contributed by atoms with Crippen molar-refractivity contribution in [2.24, 2.45) is 0 Å². The average molecular weight is 344 g/mol. The monoisotopic (exact) mass is 344 g/mol. The first-order valence-electron chi connectivity index (χ1n) is 7.21. The first-order chi connectivity index (χ1) is 11.3. The molecular formula is C16H16N4O3S. The lowest BCUT2D eigenvalue weighted by Gasteiger charge is -2.07. The van der Waals surface area contributed by atoms with Crippen LogP contribution in [-0.4, -0.2) is 35.3 Å². The Morgan fingerprint density at radius 2 is 1.83 bits per heavy atom. The molecule has 0 bridgehead atoms. The van der Waals surface area contributed by atoms with Crippen LogP contribution in [0, 0.1) is 13.8 Å². The van der Waals surface area contributed by atoms with E-state index in [1.54, 1.807) is 24.6 Å². The Labute approximate surface area is 139 Å². The molecule has 1 aromatic carbocycles. The fraction of sp³-hybridized carbons (Fsp3) is 0.188. The third-order valence-electron chi connectivity index (χ3n) is 3.46. The van der Waals surface area contributed by atoms with Crippen LogP contribution in [0.25, 0.3) is 16.7 Å². The highest BCUT2D eigenvalue weighted by atomic mass is 32.2. The number of carbonyl (C=O) groups excluding carboxylic acids is 1. The van der Waals surface area contributed by atoms with Crippen molar-refractivity contribution < 1.29 is 13.2 Å². The smallest absolute Gasteiger partial charge is 0.265 e. The van der Waals surface area contributed by atoms with Gasteiger partial charge >= 0.3 is 0 Å². The van der Waals surface area contributed by atoms with E-state index in [0.717, 1.165) is 11.9 Å². The number of pyridine rings is 1. The zero-order chi connectivity index (χ0) is 17.5. The number of amides is 1. The number of carbonyl (C=O) groups is 1. The Kier molecular flexibility index (Phi) is 3.84. The Morgan fingerprint density at radius 1 is 1.17 bits per heavy atom. The van der Waals surface area contributed by atoms with Crippen molar-refractivity contribution in [3.63, 3.8) is 0 Å². The van der Waals surface area contributed by atoms with Crippen molar-refractivity contribution in [1.29, 1.82) is 0 Å². The number of aromatic nitrogens is 3. The molecule has 3 aromatic rings. The zero-order valence-electron chi connectivity index (χ0n) is 13.4. The Morgan fingerprint density at radius 3 is 2.46 bits per heavy atom. The molecule has 124 valence electrons. The number of nitrogens with zero attached hydrogens (tertiary/aromatic N) is 3. The summed E-state index contributed by atoms with van der Waals surface area (Å²) in [5, 5.41) is 5.00. The standard InChI is InChI=1S/C16H16N4O3S/c1-10-9-13(16(21)19-24(3,22)23)14-11(2)18-20(15(14)17-10)12-7-5-4-6-8-12/h4-9H,1-3H3,(H,19,21). The van der Waals surface area contributed by atoms with Crippen LogP contribution in [0.3, 0.4) is 0 Å². The van der Waals surface area contributed by atoms with Crippen LogP contribution in [0.2, 0.25) is 0 Å². The molecule has 0 aliphatic rings. The maximum absolute atomic E-state index is 12.4. The fourth-order valence-corrected chi connectivity index (χ4v) is 3.01. The highest BCUT2D eigenvalue weighted by molar-refractivity contribution is 7.89. The second kappa shape index (κ2) is 5.72. The molecule has 8 heteroatoms. The zero-order valence-corrected chi connectivity index (χ0v) is 14.3. The van der Waals surface area contributed by atoms with Crippen LogP contribution < -0.4 is 4.72 Å². The molecule has 0 unspecified atom stereocenters. The molecular weight excluding hydrogens is 328 g/mol. The normalized spacial score (nSPS) is 11.6. The molecule has 1 amide bonds. The van der Waals surface area contributed by atoms with Gasteiger partial charge in [-0.25, -0.2) is 22.8 Å². The van der Waals surface area contributed by atoms with E-state index in [4.69, 9.17) is 0 Å². The predicted molar refractivity (Wildman–Crippen MR) is 90.6 cm³/mol. The second-order valence-corrected chi connectivity index (χ2v) is 7.29. The number of hydrogen-bond acceptors (Lipinski definition) is 5. The summed E-state index contributed by atoms with van der Waals surface area (Å²) in [6, 6.07) is 11.0. The SMILES string of the molecule is Cc1cc(C(=O)NS(C)(=O)=O)c2c(C)nn(-c3ccccc3)c2n1. The Bertz CT molecular complexity index is 1040. The second-order valence-electron chi connectivity index (χ2n) is 5.55. The lowest BCUT2D eigenvalue weighted by atomic mass is 10.1. The third kappa shape index (κ3) is 3.00. The van der Waals surface area contributed by atoms with Gasteiger partial charge in [0.05, 0.1) is 28.6 Å². The van der Waals surface area contributed by atoms with Gasteiger partial charge in [-0.2, -0.15) is 5.10 Å². The molecule has 1 N–H and O–H groups in total. The van der Waals surface area contributed by atoms with E-state index in [1.807, 2.05) is 35.1 Å². The summed E-state index contributed by atoms with van der Waals surface area (Å²) in [6.07, 6.45) is 0.941. The van der Waals surface area contributed by atoms with E-state index >= 15 is 0 Å². The minimum absolute atomic E-state index is 0.239. The quantitative estimate of drug-likeness (QED) is 0.781. The van der Waals surface area contributed by atoms with Crippen molar-refractivity contribution in [3.8, 4) is 5.69 Å². The van der Waals surface area contributed by atoms with Crippen LogP contribution >= 0.6 is 0 Å². The van der Waals surface area contributed by atoms with Crippen molar-refractivity contribution >= 4 is 27.0 Å². The summed E-state index contributed by atoms with van der Waals surface area (Å²) < 4.78 is 26.4. The molecule has 0 spiro atoms. The maximum atomic E-state index is 12.4. The van der Waals surface area contributed by atoms with E-state index < -0.39 is 15.9 Å². The van der Waals surface area contributed by atoms with Crippen molar-refractivity contribution in [2.45, 2.75) is 13.8 Å². The number of para-hydroxylation sites is 1. The molecule has 7 nitrogen and oxygen atoms in total. The largest absolute Gasteiger partial charge is 0.268 e. The summed E-state index contributed by atoms with van der Waals surface area (Å²) in [7, 11) is -3.66. The molecule has 3 rings (SSSR count). The van der Waals surface area contributed by atoms with E-state index in [-0.39, 0.29) is 5.56 Å². The van der Waals surface area contributed by atoms with Gasteiger partial charge in [0.2, 0.25) is 10.0 Å².